The third-order valence-corrected chi connectivity index (χ3v) is 6.25. The Balaban J connectivity index is 1.83. The molecule has 0 aliphatic rings. The fourth-order valence-corrected chi connectivity index (χ4v) is 4.79. The normalized spacial score (nSPS) is 11.6. The third kappa shape index (κ3) is 2.77. The van der Waals surface area contributed by atoms with Crippen molar-refractivity contribution in [2.75, 3.05) is 0 Å². The van der Waals surface area contributed by atoms with Gasteiger partial charge in [0.05, 0.1) is 0 Å². The summed E-state index contributed by atoms with van der Waals surface area (Å²) in [7, 11) is 3.16. The minimum absolute atomic E-state index is 0.305. The first kappa shape index (κ1) is 18.6. The van der Waals surface area contributed by atoms with Crippen LogP contribution in [-0.2, 0) is 26.4 Å². The van der Waals surface area contributed by atoms with E-state index in [0.717, 1.165) is 15.5 Å². The lowest BCUT2D eigenvalue weighted by Crippen LogP contribution is -2.37. The number of fused-ring (bicyclic) bond motifs is 2. The average molecular weight is 395 g/mol. The zero-order valence-electron chi connectivity index (χ0n) is 16.4. The molecule has 28 heavy (non-hydrogen) atoms. The molecule has 6 nitrogen and oxygen atoms in total. The minimum atomic E-state index is -0.361. The number of nitrogens with zero attached hydrogens (tertiary/aromatic N) is 4. The molecule has 0 unspecified atom stereocenters. The summed E-state index contributed by atoms with van der Waals surface area (Å²) in [5.74, 6) is 0.741. The highest BCUT2D eigenvalue weighted by atomic mass is 32.2. The molecule has 0 aliphatic carbocycles. The molecule has 0 spiro atoms. The van der Waals surface area contributed by atoms with Crippen molar-refractivity contribution >= 4 is 33.7 Å². The summed E-state index contributed by atoms with van der Waals surface area (Å²) in [6.07, 6.45) is 0. The summed E-state index contributed by atoms with van der Waals surface area (Å²) >= 11 is 1.60. The molecule has 0 saturated carbocycles. The van der Waals surface area contributed by atoms with E-state index in [1.807, 2.05) is 17.6 Å². The maximum Gasteiger partial charge on any atom is 0.332 e. The zero-order chi connectivity index (χ0) is 20.0. The summed E-state index contributed by atoms with van der Waals surface area (Å²) in [5, 5.41) is 3.20. The Morgan fingerprint density at radius 1 is 1.04 bits per heavy atom. The van der Waals surface area contributed by atoms with Crippen molar-refractivity contribution in [2.45, 2.75) is 31.3 Å². The van der Waals surface area contributed by atoms with Gasteiger partial charge in [0.2, 0.25) is 0 Å². The summed E-state index contributed by atoms with van der Waals surface area (Å²) in [5.41, 5.74) is 2.74. The maximum atomic E-state index is 12.7. The third-order valence-electron chi connectivity index (χ3n) is 5.25. The second-order valence-electron chi connectivity index (χ2n) is 6.89. The molecular formula is C21H22N4O2S. The topological polar surface area (TPSA) is 61.8 Å². The number of imidazole rings is 1. The Bertz CT molecular complexity index is 1330. The van der Waals surface area contributed by atoms with Gasteiger partial charge in [0.25, 0.3) is 5.56 Å². The van der Waals surface area contributed by atoms with Gasteiger partial charge in [-0.15, -0.1) is 0 Å². The molecule has 0 aliphatic heterocycles. The van der Waals surface area contributed by atoms with Gasteiger partial charge in [-0.3, -0.25) is 13.9 Å². The van der Waals surface area contributed by atoms with Gasteiger partial charge in [-0.1, -0.05) is 48.2 Å². The number of aryl methyl sites for hydroxylation is 3. The van der Waals surface area contributed by atoms with Gasteiger partial charge in [0.1, 0.15) is 0 Å². The Kier molecular flexibility index (Phi) is 4.63. The van der Waals surface area contributed by atoms with E-state index in [0.29, 0.717) is 17.7 Å². The number of benzene rings is 2. The molecule has 144 valence electrons. The fraction of sp³-hybridized carbons (Fsp3) is 0.286. The van der Waals surface area contributed by atoms with Gasteiger partial charge in [-0.05, 0) is 35.7 Å². The predicted molar refractivity (Wildman–Crippen MR) is 114 cm³/mol. The van der Waals surface area contributed by atoms with Crippen LogP contribution in [0.2, 0.25) is 0 Å². The lowest BCUT2D eigenvalue weighted by Gasteiger charge is -2.11. The van der Waals surface area contributed by atoms with E-state index >= 15 is 0 Å². The quantitative estimate of drug-likeness (QED) is 0.499. The fourth-order valence-electron chi connectivity index (χ4n) is 3.60. The first-order valence-electron chi connectivity index (χ1n) is 9.20. The molecule has 0 radical (unpaired) electrons. The first-order chi connectivity index (χ1) is 13.4. The molecule has 0 bridgehead atoms. The number of thioether (sulfide) groups is 1. The Labute approximate surface area is 166 Å². The van der Waals surface area contributed by atoms with Crippen molar-refractivity contribution in [3.8, 4) is 0 Å². The van der Waals surface area contributed by atoms with Gasteiger partial charge < -0.3 is 4.57 Å². The van der Waals surface area contributed by atoms with Crippen LogP contribution in [0.3, 0.4) is 0 Å². The van der Waals surface area contributed by atoms with Crippen LogP contribution in [0.4, 0.5) is 0 Å². The lowest BCUT2D eigenvalue weighted by molar-refractivity contribution is 0.684. The Morgan fingerprint density at radius 3 is 2.54 bits per heavy atom. The standard InChI is InChI=1S/C21H22N4O2S/c1-5-25-17-18(23(3)21(27)24(4)19(17)26)22-20(25)28-12-16-13(2)10-11-14-8-6-7-9-15(14)16/h6-11H,5,12H2,1-4H3. The van der Waals surface area contributed by atoms with Gasteiger partial charge >= 0.3 is 5.69 Å². The minimum Gasteiger partial charge on any atom is -0.313 e. The van der Waals surface area contributed by atoms with Crippen LogP contribution in [0.5, 0.6) is 0 Å². The number of aromatic nitrogens is 4. The van der Waals surface area contributed by atoms with E-state index in [-0.39, 0.29) is 11.2 Å². The maximum absolute atomic E-state index is 12.7. The molecule has 0 amide bonds. The highest BCUT2D eigenvalue weighted by molar-refractivity contribution is 7.98. The average Bonchev–Trinajstić information content (AvgIpc) is 3.08. The van der Waals surface area contributed by atoms with Crippen LogP contribution < -0.4 is 11.2 Å². The summed E-state index contributed by atoms with van der Waals surface area (Å²) < 4.78 is 4.48. The second-order valence-corrected chi connectivity index (χ2v) is 7.83. The van der Waals surface area contributed by atoms with Crippen molar-refractivity contribution in [1.29, 1.82) is 0 Å². The number of hydrogen-bond donors (Lipinski definition) is 0. The van der Waals surface area contributed by atoms with Gasteiger partial charge in [0, 0.05) is 26.4 Å². The van der Waals surface area contributed by atoms with E-state index in [1.54, 1.807) is 18.8 Å². The van der Waals surface area contributed by atoms with Crippen LogP contribution in [0.15, 0.2) is 51.1 Å². The van der Waals surface area contributed by atoms with E-state index in [2.05, 4.69) is 42.2 Å². The molecule has 0 saturated heterocycles. The van der Waals surface area contributed by atoms with Crippen molar-refractivity contribution in [2.24, 2.45) is 14.1 Å². The second kappa shape index (κ2) is 6.98. The molecule has 2 heterocycles. The molecule has 0 fully saturated rings. The molecule has 4 rings (SSSR count). The molecule has 0 atom stereocenters. The molecular weight excluding hydrogens is 372 g/mol. The first-order valence-corrected chi connectivity index (χ1v) is 10.2. The molecule has 4 aromatic rings. The monoisotopic (exact) mass is 394 g/mol. The molecule has 2 aromatic carbocycles. The lowest BCUT2D eigenvalue weighted by atomic mass is 10.0. The smallest absolute Gasteiger partial charge is 0.313 e. The van der Waals surface area contributed by atoms with Gasteiger partial charge in [-0.2, -0.15) is 0 Å². The Morgan fingerprint density at radius 2 is 1.79 bits per heavy atom. The van der Waals surface area contributed by atoms with Crippen molar-refractivity contribution < 1.29 is 0 Å². The van der Waals surface area contributed by atoms with Crippen molar-refractivity contribution in [3.63, 3.8) is 0 Å². The SMILES string of the molecule is CCn1c(SCc2c(C)ccc3ccccc23)nc2c1c(=O)n(C)c(=O)n2C. The summed E-state index contributed by atoms with van der Waals surface area (Å²) in [6.45, 7) is 4.71. The largest absolute Gasteiger partial charge is 0.332 e. The van der Waals surface area contributed by atoms with Crippen molar-refractivity contribution in [3.05, 3.63) is 68.4 Å². The van der Waals surface area contributed by atoms with E-state index in [4.69, 9.17) is 0 Å². The molecule has 2 aromatic heterocycles. The number of hydrogen-bond acceptors (Lipinski definition) is 4. The van der Waals surface area contributed by atoms with Gasteiger partial charge in [-0.25, -0.2) is 9.78 Å². The van der Waals surface area contributed by atoms with Crippen LogP contribution in [0, 0.1) is 6.92 Å². The molecule has 7 heteroatoms. The summed E-state index contributed by atoms with van der Waals surface area (Å²) in [4.78, 5) is 29.6. The van der Waals surface area contributed by atoms with Crippen LogP contribution in [0.1, 0.15) is 18.1 Å². The zero-order valence-corrected chi connectivity index (χ0v) is 17.2. The van der Waals surface area contributed by atoms with Gasteiger partial charge in [0.15, 0.2) is 16.3 Å². The van der Waals surface area contributed by atoms with Crippen LogP contribution in [0.25, 0.3) is 21.9 Å². The summed E-state index contributed by atoms with van der Waals surface area (Å²) in [6, 6.07) is 12.6. The van der Waals surface area contributed by atoms with E-state index in [1.165, 1.54) is 33.5 Å². The van der Waals surface area contributed by atoms with Crippen LogP contribution >= 0.6 is 11.8 Å². The predicted octanol–water partition coefficient (Wildman–Crippen LogP) is 3.21. The highest BCUT2D eigenvalue weighted by Crippen LogP contribution is 2.30. The van der Waals surface area contributed by atoms with E-state index in [9.17, 15) is 9.59 Å². The number of rotatable bonds is 4. The van der Waals surface area contributed by atoms with E-state index < -0.39 is 0 Å². The Hall–Kier alpha value is -2.80. The molecule has 0 N–H and O–H groups in total. The van der Waals surface area contributed by atoms with Crippen molar-refractivity contribution in [1.82, 2.24) is 18.7 Å². The van der Waals surface area contributed by atoms with Crippen LogP contribution in [-0.4, -0.2) is 18.7 Å². The highest BCUT2D eigenvalue weighted by Gasteiger charge is 2.19.